The largest absolute Gasteiger partial charge is 0.444 e. The lowest BCUT2D eigenvalue weighted by Gasteiger charge is -2.20. The summed E-state index contributed by atoms with van der Waals surface area (Å²) in [6.07, 6.45) is -0.524. The van der Waals surface area contributed by atoms with E-state index < -0.39 is 17.7 Å². The molecule has 1 heterocycles. The van der Waals surface area contributed by atoms with Crippen LogP contribution < -0.4 is 5.32 Å². The van der Waals surface area contributed by atoms with Crippen molar-refractivity contribution >= 4 is 29.5 Å². The SMILES string of the molecule is C[C@@H](NC(=O)OC(C)(C)C)c1nnc(SCc2ccc(Cl)cc2)o1. The number of amides is 1. The molecule has 2 rings (SSSR count). The first-order valence-corrected chi connectivity index (χ1v) is 8.79. The Morgan fingerprint density at radius 3 is 2.62 bits per heavy atom. The number of ether oxygens (including phenoxy) is 1. The third-order valence-electron chi connectivity index (χ3n) is 2.80. The first kappa shape index (κ1) is 18.6. The lowest BCUT2D eigenvalue weighted by Crippen LogP contribution is -2.34. The lowest BCUT2D eigenvalue weighted by molar-refractivity contribution is 0.0500. The smallest absolute Gasteiger partial charge is 0.408 e. The van der Waals surface area contributed by atoms with E-state index in [9.17, 15) is 4.79 Å². The van der Waals surface area contributed by atoms with E-state index in [0.29, 0.717) is 21.9 Å². The van der Waals surface area contributed by atoms with Crippen LogP contribution in [0.2, 0.25) is 5.02 Å². The van der Waals surface area contributed by atoms with Crippen LogP contribution >= 0.6 is 23.4 Å². The predicted molar refractivity (Wildman–Crippen MR) is 93.1 cm³/mol. The Bertz CT molecular complexity index is 683. The molecule has 130 valence electrons. The fraction of sp³-hybridized carbons (Fsp3) is 0.438. The van der Waals surface area contributed by atoms with Crippen molar-refractivity contribution in [3.8, 4) is 0 Å². The van der Waals surface area contributed by atoms with Crippen molar-refractivity contribution in [3.63, 3.8) is 0 Å². The molecule has 0 spiro atoms. The monoisotopic (exact) mass is 369 g/mol. The third kappa shape index (κ3) is 6.05. The summed E-state index contributed by atoms with van der Waals surface area (Å²) in [7, 11) is 0. The summed E-state index contributed by atoms with van der Waals surface area (Å²) in [5.74, 6) is 1.02. The molecule has 0 bridgehead atoms. The Balaban J connectivity index is 1.87. The molecule has 0 aliphatic carbocycles. The quantitative estimate of drug-likeness (QED) is 0.776. The average Bonchev–Trinajstić information content (AvgIpc) is 2.93. The van der Waals surface area contributed by atoms with Crippen molar-refractivity contribution in [2.45, 2.75) is 50.3 Å². The summed E-state index contributed by atoms with van der Waals surface area (Å²) in [5.41, 5.74) is 0.544. The van der Waals surface area contributed by atoms with Gasteiger partial charge in [0.05, 0.1) is 0 Å². The van der Waals surface area contributed by atoms with E-state index in [0.717, 1.165) is 5.56 Å². The minimum atomic E-state index is -0.557. The van der Waals surface area contributed by atoms with E-state index in [4.69, 9.17) is 20.8 Å². The second-order valence-corrected chi connectivity index (χ2v) is 7.55. The Labute approximate surface area is 150 Å². The van der Waals surface area contributed by atoms with Crippen molar-refractivity contribution < 1.29 is 13.9 Å². The second-order valence-electron chi connectivity index (χ2n) is 6.19. The van der Waals surface area contributed by atoms with Crippen LogP contribution in [0.15, 0.2) is 33.9 Å². The molecule has 0 fully saturated rings. The van der Waals surface area contributed by atoms with Crippen molar-refractivity contribution in [2.24, 2.45) is 0 Å². The van der Waals surface area contributed by atoms with E-state index in [1.807, 2.05) is 24.3 Å². The van der Waals surface area contributed by atoms with E-state index in [1.54, 1.807) is 27.7 Å². The molecule has 0 aliphatic heterocycles. The normalized spacial score (nSPS) is 12.7. The van der Waals surface area contributed by atoms with Crippen molar-refractivity contribution in [2.75, 3.05) is 0 Å². The fourth-order valence-corrected chi connectivity index (χ4v) is 2.58. The van der Waals surface area contributed by atoms with Crippen LogP contribution in [0.25, 0.3) is 0 Å². The highest BCUT2D eigenvalue weighted by Gasteiger charge is 2.21. The molecule has 0 radical (unpaired) electrons. The van der Waals surface area contributed by atoms with Gasteiger partial charge in [0.2, 0.25) is 5.89 Å². The average molecular weight is 370 g/mol. The van der Waals surface area contributed by atoms with Gasteiger partial charge in [-0.25, -0.2) is 4.79 Å². The van der Waals surface area contributed by atoms with Crippen LogP contribution in [-0.2, 0) is 10.5 Å². The lowest BCUT2D eigenvalue weighted by atomic mass is 10.2. The number of hydrogen-bond donors (Lipinski definition) is 1. The second kappa shape index (κ2) is 7.90. The van der Waals surface area contributed by atoms with Gasteiger partial charge < -0.3 is 14.5 Å². The zero-order valence-electron chi connectivity index (χ0n) is 14.0. The number of carbonyl (C=O) groups is 1. The van der Waals surface area contributed by atoms with Gasteiger partial charge in [0.1, 0.15) is 11.6 Å². The molecule has 0 aliphatic rings. The van der Waals surface area contributed by atoms with Crippen molar-refractivity contribution in [1.29, 1.82) is 0 Å². The topological polar surface area (TPSA) is 77.2 Å². The Hall–Kier alpha value is -1.73. The number of halogens is 1. The predicted octanol–water partition coefficient (Wildman–Crippen LogP) is 4.60. The van der Waals surface area contributed by atoms with Gasteiger partial charge in [-0.15, -0.1) is 10.2 Å². The van der Waals surface area contributed by atoms with Gasteiger partial charge in [0.15, 0.2) is 0 Å². The van der Waals surface area contributed by atoms with Gasteiger partial charge in [-0.2, -0.15) is 0 Å². The molecule has 0 saturated heterocycles. The van der Waals surface area contributed by atoms with Gasteiger partial charge in [-0.05, 0) is 45.4 Å². The van der Waals surface area contributed by atoms with E-state index in [2.05, 4.69) is 15.5 Å². The molecular formula is C16H20ClN3O3S. The number of aromatic nitrogens is 2. The van der Waals surface area contributed by atoms with E-state index in [-0.39, 0.29) is 0 Å². The van der Waals surface area contributed by atoms with Gasteiger partial charge in [0, 0.05) is 10.8 Å². The molecule has 0 unspecified atom stereocenters. The van der Waals surface area contributed by atoms with Crippen molar-refractivity contribution in [1.82, 2.24) is 15.5 Å². The molecule has 1 aromatic carbocycles. The van der Waals surface area contributed by atoms with Gasteiger partial charge in [-0.1, -0.05) is 35.5 Å². The van der Waals surface area contributed by atoms with Crippen LogP contribution in [0.1, 0.15) is 45.2 Å². The zero-order chi connectivity index (χ0) is 17.7. The summed E-state index contributed by atoms with van der Waals surface area (Å²) in [5, 5.41) is 11.8. The number of thioether (sulfide) groups is 1. The minimum Gasteiger partial charge on any atom is -0.444 e. The van der Waals surface area contributed by atoms with Crippen LogP contribution in [0.4, 0.5) is 4.79 Å². The fourth-order valence-electron chi connectivity index (χ4n) is 1.73. The number of hydrogen-bond acceptors (Lipinski definition) is 6. The first-order chi connectivity index (χ1) is 11.2. The maximum Gasteiger partial charge on any atom is 0.408 e. The molecule has 6 nitrogen and oxygen atoms in total. The molecule has 8 heteroatoms. The summed E-state index contributed by atoms with van der Waals surface area (Å²) in [6, 6.07) is 7.13. The van der Waals surface area contributed by atoms with Crippen LogP contribution in [0, 0.1) is 0 Å². The molecule has 0 saturated carbocycles. The van der Waals surface area contributed by atoms with Gasteiger partial charge in [-0.3, -0.25) is 0 Å². The highest BCUT2D eigenvalue weighted by atomic mass is 35.5. The number of rotatable bonds is 5. The first-order valence-electron chi connectivity index (χ1n) is 7.43. The number of benzene rings is 1. The highest BCUT2D eigenvalue weighted by Crippen LogP contribution is 2.24. The van der Waals surface area contributed by atoms with Gasteiger partial charge >= 0.3 is 6.09 Å². The van der Waals surface area contributed by atoms with Crippen LogP contribution in [0.3, 0.4) is 0 Å². The van der Waals surface area contributed by atoms with Crippen LogP contribution in [-0.4, -0.2) is 21.9 Å². The Kier molecular flexibility index (Phi) is 6.12. The molecule has 2 aromatic rings. The Morgan fingerprint density at radius 2 is 2.00 bits per heavy atom. The van der Waals surface area contributed by atoms with E-state index in [1.165, 1.54) is 11.8 Å². The molecule has 1 atom stereocenters. The summed E-state index contributed by atoms with van der Waals surface area (Å²) >= 11 is 7.28. The minimum absolute atomic E-state index is 0.333. The highest BCUT2D eigenvalue weighted by molar-refractivity contribution is 7.98. The molecule has 1 amide bonds. The Morgan fingerprint density at radius 1 is 1.33 bits per heavy atom. The van der Waals surface area contributed by atoms with Gasteiger partial charge in [0.25, 0.3) is 5.22 Å². The molecule has 24 heavy (non-hydrogen) atoms. The summed E-state index contributed by atoms with van der Waals surface area (Å²) in [4.78, 5) is 11.7. The number of alkyl carbamates (subject to hydrolysis) is 1. The molecular weight excluding hydrogens is 350 g/mol. The van der Waals surface area contributed by atoms with Crippen molar-refractivity contribution in [3.05, 3.63) is 40.7 Å². The standard InChI is InChI=1S/C16H20ClN3O3S/c1-10(18-14(21)23-16(2,3)4)13-19-20-15(22-13)24-9-11-5-7-12(17)8-6-11/h5-8,10H,9H2,1-4H3,(H,18,21)/t10-/m1/s1. The van der Waals surface area contributed by atoms with Crippen LogP contribution in [0.5, 0.6) is 0 Å². The third-order valence-corrected chi connectivity index (χ3v) is 3.94. The molecule has 1 aromatic heterocycles. The number of nitrogens with one attached hydrogen (secondary N) is 1. The zero-order valence-corrected chi connectivity index (χ0v) is 15.6. The molecule has 1 N–H and O–H groups in total. The number of carbonyl (C=O) groups excluding carboxylic acids is 1. The maximum atomic E-state index is 11.7. The van der Waals surface area contributed by atoms with E-state index >= 15 is 0 Å². The summed E-state index contributed by atoms with van der Waals surface area (Å²) in [6.45, 7) is 7.16. The maximum absolute atomic E-state index is 11.7. The number of nitrogens with zero attached hydrogens (tertiary/aromatic N) is 2. The summed E-state index contributed by atoms with van der Waals surface area (Å²) < 4.78 is 10.8.